The summed E-state index contributed by atoms with van der Waals surface area (Å²) in [5, 5.41) is 10.2. The second kappa shape index (κ2) is 14.7. The molecule has 2 aliphatic heterocycles. The first-order valence-electron chi connectivity index (χ1n) is 12.9. The summed E-state index contributed by atoms with van der Waals surface area (Å²) in [6, 6.07) is 0.631. The van der Waals surface area contributed by atoms with E-state index in [0.717, 1.165) is 32.2 Å². The maximum Gasteiger partial charge on any atom is 0.121 e. The number of nitrogens with zero attached hydrogens (tertiary/aromatic N) is 2. The molecule has 0 bridgehead atoms. The lowest BCUT2D eigenvalue weighted by Crippen LogP contribution is -2.41. The first kappa shape index (κ1) is 29.5. The molecule has 3 atom stereocenters. The highest BCUT2D eigenvalue weighted by Crippen LogP contribution is 2.28. The van der Waals surface area contributed by atoms with Gasteiger partial charge in [0.1, 0.15) is 17.7 Å². The molecule has 0 aromatic carbocycles. The summed E-state index contributed by atoms with van der Waals surface area (Å²) < 4.78 is 11.3. The summed E-state index contributed by atoms with van der Waals surface area (Å²) in [6.07, 6.45) is 13.7. The molecule has 2 fully saturated rings. The van der Waals surface area contributed by atoms with Crippen LogP contribution in [0.3, 0.4) is 0 Å². The Bertz CT molecular complexity index is 512. The number of unbranched alkanes of at least 4 members (excludes halogenated alkanes) is 7. The molecule has 0 saturated carbocycles. The van der Waals surface area contributed by atoms with Gasteiger partial charge >= 0.3 is 0 Å². The summed E-state index contributed by atoms with van der Waals surface area (Å²) in [7, 11) is 4.09. The minimum Gasteiger partial charge on any atom is -0.393 e. The highest BCUT2D eigenvalue weighted by molar-refractivity contribution is 5.50. The van der Waals surface area contributed by atoms with Crippen molar-refractivity contribution in [2.45, 2.75) is 135 Å². The monoisotopic (exact) mass is 456 g/mol. The molecule has 6 nitrogen and oxygen atoms in total. The molecule has 0 aliphatic carbocycles. The first-order chi connectivity index (χ1) is 15.0. The van der Waals surface area contributed by atoms with Crippen LogP contribution in [0.5, 0.6) is 0 Å². The second-order valence-electron chi connectivity index (χ2n) is 10.6. The third-order valence-corrected chi connectivity index (χ3v) is 7.36. The Balaban J connectivity index is 0.000000389. The number of carbonyl (C=O) groups is 1. The number of likely N-dealkylation sites (N-methyl/N-ethyl adjacent to an activating group) is 2. The van der Waals surface area contributed by atoms with E-state index in [0.29, 0.717) is 19.1 Å². The van der Waals surface area contributed by atoms with Crippen molar-refractivity contribution >= 4 is 6.29 Å². The zero-order chi connectivity index (χ0) is 24.2. The lowest BCUT2D eigenvalue weighted by Gasteiger charge is -2.30. The Morgan fingerprint density at radius 3 is 1.78 bits per heavy atom. The first-order valence-corrected chi connectivity index (χ1v) is 12.9. The van der Waals surface area contributed by atoms with Crippen LogP contribution in [-0.4, -0.2) is 78.1 Å². The van der Waals surface area contributed by atoms with Crippen LogP contribution in [0.15, 0.2) is 0 Å². The molecule has 0 radical (unpaired) electrons. The second-order valence-corrected chi connectivity index (χ2v) is 10.6. The zero-order valence-corrected chi connectivity index (χ0v) is 22.1. The molecule has 2 rings (SSSR count). The molecule has 2 aliphatic rings. The van der Waals surface area contributed by atoms with E-state index in [-0.39, 0.29) is 23.6 Å². The average molecular weight is 457 g/mol. The fraction of sp³-hybridized carbons (Fsp3) is 0.962. The minimum absolute atomic E-state index is 0.171. The Labute approximate surface area is 198 Å². The van der Waals surface area contributed by atoms with Gasteiger partial charge in [-0.15, -0.1) is 0 Å². The fourth-order valence-corrected chi connectivity index (χ4v) is 4.42. The molecule has 190 valence electrons. The summed E-state index contributed by atoms with van der Waals surface area (Å²) >= 11 is 0. The van der Waals surface area contributed by atoms with Crippen molar-refractivity contribution in [2.24, 2.45) is 0 Å². The van der Waals surface area contributed by atoms with Crippen molar-refractivity contribution in [1.82, 2.24) is 9.80 Å². The van der Waals surface area contributed by atoms with Crippen LogP contribution in [0.1, 0.15) is 105 Å². The van der Waals surface area contributed by atoms with Crippen LogP contribution >= 0.6 is 0 Å². The molecule has 0 aromatic rings. The van der Waals surface area contributed by atoms with Crippen LogP contribution in [-0.2, 0) is 14.3 Å². The minimum atomic E-state index is -0.201. The van der Waals surface area contributed by atoms with Gasteiger partial charge in [-0.1, -0.05) is 58.3 Å². The molecule has 1 unspecified atom stereocenters. The summed E-state index contributed by atoms with van der Waals surface area (Å²) in [6.45, 7) is 11.9. The lowest BCUT2D eigenvalue weighted by atomic mass is 10.0. The van der Waals surface area contributed by atoms with Gasteiger partial charge in [-0.2, -0.15) is 0 Å². The SMILES string of the molecule is CCCCCCCCCCC(O)C[C@@H]1COC(C)(C)N1C.CN1[C@H](CC=O)COC1(C)C. The maximum atomic E-state index is 10.2. The van der Waals surface area contributed by atoms with Crippen LogP contribution in [0.2, 0.25) is 0 Å². The van der Waals surface area contributed by atoms with Crippen molar-refractivity contribution in [1.29, 1.82) is 0 Å². The molecule has 0 spiro atoms. The largest absolute Gasteiger partial charge is 0.393 e. The summed E-state index contributed by atoms with van der Waals surface area (Å²) in [5.74, 6) is 0. The predicted molar refractivity (Wildman–Crippen MR) is 132 cm³/mol. The maximum absolute atomic E-state index is 10.2. The molecule has 1 N–H and O–H groups in total. The highest BCUT2D eigenvalue weighted by Gasteiger charge is 2.38. The molecular weight excluding hydrogens is 404 g/mol. The van der Waals surface area contributed by atoms with Crippen LogP contribution in [0.25, 0.3) is 0 Å². The third kappa shape index (κ3) is 10.2. The van der Waals surface area contributed by atoms with Crippen molar-refractivity contribution in [3.8, 4) is 0 Å². The Morgan fingerprint density at radius 1 is 0.875 bits per heavy atom. The molecule has 2 saturated heterocycles. The normalized spacial score (nSPS) is 26.0. The van der Waals surface area contributed by atoms with Gasteiger partial charge in [-0.25, -0.2) is 0 Å². The highest BCUT2D eigenvalue weighted by atomic mass is 16.5. The van der Waals surface area contributed by atoms with E-state index in [1.807, 2.05) is 20.9 Å². The van der Waals surface area contributed by atoms with Crippen molar-refractivity contribution in [3.63, 3.8) is 0 Å². The van der Waals surface area contributed by atoms with Gasteiger partial charge in [0.15, 0.2) is 0 Å². The van der Waals surface area contributed by atoms with Gasteiger partial charge in [-0.3, -0.25) is 9.80 Å². The summed E-state index contributed by atoms with van der Waals surface area (Å²) in [4.78, 5) is 14.6. The van der Waals surface area contributed by atoms with Gasteiger partial charge in [0, 0.05) is 18.5 Å². The van der Waals surface area contributed by atoms with Gasteiger partial charge in [0.2, 0.25) is 0 Å². The number of carbonyl (C=O) groups excluding carboxylic acids is 1. The van der Waals surface area contributed by atoms with Crippen molar-refractivity contribution in [3.05, 3.63) is 0 Å². The lowest BCUT2D eigenvalue weighted by molar-refractivity contribution is -0.108. The Morgan fingerprint density at radius 2 is 1.34 bits per heavy atom. The van der Waals surface area contributed by atoms with Crippen LogP contribution < -0.4 is 0 Å². The molecule has 0 amide bonds. The van der Waals surface area contributed by atoms with E-state index in [4.69, 9.17) is 9.47 Å². The number of ether oxygens (including phenoxy) is 2. The zero-order valence-electron chi connectivity index (χ0n) is 22.1. The van der Waals surface area contributed by atoms with E-state index in [2.05, 4.69) is 37.6 Å². The quantitative estimate of drug-likeness (QED) is 0.312. The standard InChI is InChI=1S/C18H37NO2.C8H15NO2/c1-5-6-7-8-9-10-11-12-13-17(20)14-16-15-21-18(2,3)19(16)4;1-8(2)9(3)7(4-5-10)6-11-8/h16-17,20H,5-15H2,1-4H3;5,7H,4,6H2,1-3H3/t16-,17?;7-/m11/s1. The van der Waals surface area contributed by atoms with Gasteiger partial charge in [0.05, 0.1) is 19.3 Å². The van der Waals surface area contributed by atoms with Gasteiger partial charge < -0.3 is 19.4 Å². The number of hydrogen-bond donors (Lipinski definition) is 1. The van der Waals surface area contributed by atoms with E-state index >= 15 is 0 Å². The number of aldehydes is 1. The third-order valence-electron chi connectivity index (χ3n) is 7.36. The Kier molecular flexibility index (Phi) is 13.5. The number of aliphatic hydroxyl groups excluding tert-OH is 1. The van der Waals surface area contributed by atoms with E-state index in [9.17, 15) is 9.90 Å². The summed E-state index contributed by atoms with van der Waals surface area (Å²) in [5.41, 5.74) is -0.378. The van der Waals surface area contributed by atoms with E-state index in [1.54, 1.807) is 0 Å². The number of hydrogen-bond acceptors (Lipinski definition) is 6. The van der Waals surface area contributed by atoms with Crippen LogP contribution in [0.4, 0.5) is 0 Å². The van der Waals surface area contributed by atoms with E-state index in [1.165, 1.54) is 44.9 Å². The van der Waals surface area contributed by atoms with Crippen LogP contribution in [0, 0.1) is 0 Å². The molecule has 32 heavy (non-hydrogen) atoms. The molecular formula is C26H52N2O4. The molecule has 2 heterocycles. The van der Waals surface area contributed by atoms with E-state index < -0.39 is 0 Å². The predicted octanol–water partition coefficient (Wildman–Crippen LogP) is 4.98. The fourth-order valence-electron chi connectivity index (χ4n) is 4.42. The smallest absolute Gasteiger partial charge is 0.121 e. The van der Waals surface area contributed by atoms with Crippen molar-refractivity contribution < 1.29 is 19.4 Å². The van der Waals surface area contributed by atoms with Gasteiger partial charge in [-0.05, 0) is 54.6 Å². The van der Waals surface area contributed by atoms with Gasteiger partial charge in [0.25, 0.3) is 0 Å². The number of rotatable bonds is 13. The number of aliphatic hydroxyl groups is 1. The Hall–Kier alpha value is -0.530. The average Bonchev–Trinajstić information content (AvgIpc) is 3.14. The van der Waals surface area contributed by atoms with Crippen molar-refractivity contribution in [2.75, 3.05) is 27.3 Å². The molecule has 0 aromatic heterocycles. The molecule has 6 heteroatoms. The topological polar surface area (TPSA) is 62.2 Å².